The largest absolute Gasteiger partial charge is 0.494 e. The molecule has 0 bridgehead atoms. The minimum atomic E-state index is -4.40. The molecule has 0 fully saturated rings. The van der Waals surface area contributed by atoms with Crippen LogP contribution in [0.4, 0.5) is 13.2 Å². The summed E-state index contributed by atoms with van der Waals surface area (Å²) >= 11 is 1.76. The predicted molar refractivity (Wildman–Crippen MR) is 48.5 cm³/mol. The van der Waals surface area contributed by atoms with Gasteiger partial charge in [0.25, 0.3) is 0 Å². The van der Waals surface area contributed by atoms with Crippen molar-refractivity contribution in [3.05, 3.63) is 21.5 Å². The number of alkyl halides is 3. The van der Waals surface area contributed by atoms with E-state index >= 15 is 0 Å². The predicted octanol–water partition coefficient (Wildman–Crippen LogP) is 2.71. The number of ether oxygens (including phenoxy) is 1. The summed E-state index contributed by atoms with van der Waals surface area (Å²) < 4.78 is 41.5. The van der Waals surface area contributed by atoms with E-state index in [1.807, 2.05) is 0 Å². The lowest BCUT2D eigenvalue weighted by Crippen LogP contribution is -2.08. The number of nitrogens with zero attached hydrogens (tertiary/aromatic N) is 1. The van der Waals surface area contributed by atoms with Crippen LogP contribution in [0.2, 0.25) is 0 Å². The first-order chi connectivity index (χ1) is 5.95. The van der Waals surface area contributed by atoms with Gasteiger partial charge in [0.2, 0.25) is 0 Å². The molecule has 0 aliphatic heterocycles. The molecular formula is C7H5F3INO. The number of pyridine rings is 1. The van der Waals surface area contributed by atoms with Gasteiger partial charge in [-0.3, -0.25) is 0 Å². The van der Waals surface area contributed by atoms with E-state index in [0.717, 1.165) is 12.3 Å². The fourth-order valence-corrected chi connectivity index (χ4v) is 1.38. The van der Waals surface area contributed by atoms with Gasteiger partial charge in [-0.05, 0) is 28.7 Å². The van der Waals surface area contributed by atoms with E-state index in [1.165, 1.54) is 7.11 Å². The molecule has 0 N–H and O–H groups in total. The van der Waals surface area contributed by atoms with Crippen molar-refractivity contribution in [2.45, 2.75) is 6.18 Å². The summed E-state index contributed by atoms with van der Waals surface area (Å²) in [5, 5.41) is 0. The van der Waals surface area contributed by atoms with Crippen molar-refractivity contribution in [3.63, 3.8) is 0 Å². The summed E-state index contributed by atoms with van der Waals surface area (Å²) in [5.74, 6) is 0.341. The van der Waals surface area contributed by atoms with Crippen molar-refractivity contribution in [2.75, 3.05) is 7.11 Å². The summed E-state index contributed by atoms with van der Waals surface area (Å²) in [4.78, 5) is 3.23. The maximum atomic E-state index is 12.1. The third-order valence-electron chi connectivity index (χ3n) is 1.33. The molecule has 1 heterocycles. The summed E-state index contributed by atoms with van der Waals surface area (Å²) in [6.45, 7) is 0. The standard InChI is InChI=1S/C7H5F3INO/c1-13-5-3-12-6(2-4(5)11)7(8,9)10/h2-3H,1H3. The van der Waals surface area contributed by atoms with Gasteiger partial charge in [-0.2, -0.15) is 13.2 Å². The molecule has 72 valence electrons. The van der Waals surface area contributed by atoms with Crippen molar-refractivity contribution >= 4 is 22.6 Å². The van der Waals surface area contributed by atoms with Gasteiger partial charge in [-0.25, -0.2) is 4.98 Å². The van der Waals surface area contributed by atoms with Crippen LogP contribution in [0.25, 0.3) is 0 Å². The fraction of sp³-hybridized carbons (Fsp3) is 0.286. The molecule has 0 aliphatic carbocycles. The first kappa shape index (κ1) is 10.6. The van der Waals surface area contributed by atoms with Crippen LogP contribution in [0.3, 0.4) is 0 Å². The Labute approximate surface area is 86.3 Å². The van der Waals surface area contributed by atoms with E-state index < -0.39 is 11.9 Å². The van der Waals surface area contributed by atoms with E-state index in [9.17, 15) is 13.2 Å². The molecule has 0 spiro atoms. The van der Waals surface area contributed by atoms with Gasteiger partial charge in [0.1, 0.15) is 11.4 Å². The minimum absolute atomic E-state index is 0.341. The molecule has 1 aromatic heterocycles. The first-order valence-electron chi connectivity index (χ1n) is 3.22. The molecule has 0 aliphatic rings. The van der Waals surface area contributed by atoms with Crippen molar-refractivity contribution < 1.29 is 17.9 Å². The lowest BCUT2D eigenvalue weighted by Gasteiger charge is -2.07. The van der Waals surface area contributed by atoms with E-state index in [-0.39, 0.29) is 0 Å². The molecule has 0 saturated heterocycles. The van der Waals surface area contributed by atoms with Crippen LogP contribution < -0.4 is 4.74 Å². The fourth-order valence-electron chi connectivity index (χ4n) is 0.723. The Balaban J connectivity index is 3.10. The van der Waals surface area contributed by atoms with Crippen LogP contribution in [-0.4, -0.2) is 12.1 Å². The molecule has 1 rings (SSSR count). The molecule has 0 radical (unpaired) electrons. The van der Waals surface area contributed by atoms with Crippen LogP contribution in [0.5, 0.6) is 5.75 Å². The lowest BCUT2D eigenvalue weighted by atomic mass is 10.3. The first-order valence-corrected chi connectivity index (χ1v) is 4.29. The zero-order valence-electron chi connectivity index (χ0n) is 6.52. The normalized spacial score (nSPS) is 11.5. The number of hydrogen-bond donors (Lipinski definition) is 0. The van der Waals surface area contributed by atoms with Gasteiger partial charge in [-0.1, -0.05) is 0 Å². The van der Waals surface area contributed by atoms with Crippen molar-refractivity contribution in [1.82, 2.24) is 4.98 Å². The molecular weight excluding hydrogens is 298 g/mol. The third-order valence-corrected chi connectivity index (χ3v) is 2.17. The molecule has 0 unspecified atom stereocenters. The van der Waals surface area contributed by atoms with E-state index in [1.54, 1.807) is 22.6 Å². The molecule has 2 nitrogen and oxygen atoms in total. The van der Waals surface area contributed by atoms with Crippen molar-refractivity contribution in [3.8, 4) is 5.75 Å². The number of methoxy groups -OCH3 is 1. The van der Waals surface area contributed by atoms with Crippen LogP contribution >= 0.6 is 22.6 Å². The van der Waals surface area contributed by atoms with Crippen LogP contribution in [0, 0.1) is 3.57 Å². The Hall–Kier alpha value is -0.530. The van der Waals surface area contributed by atoms with Crippen molar-refractivity contribution in [2.24, 2.45) is 0 Å². The van der Waals surface area contributed by atoms with Gasteiger partial charge in [0, 0.05) is 0 Å². The van der Waals surface area contributed by atoms with Gasteiger partial charge in [-0.15, -0.1) is 0 Å². The monoisotopic (exact) mass is 303 g/mol. The van der Waals surface area contributed by atoms with Gasteiger partial charge >= 0.3 is 6.18 Å². The highest BCUT2D eigenvalue weighted by Gasteiger charge is 2.32. The summed E-state index contributed by atoms with van der Waals surface area (Å²) in [6, 6.07) is 0.944. The third kappa shape index (κ3) is 2.45. The zero-order chi connectivity index (χ0) is 10.1. The van der Waals surface area contributed by atoms with E-state index in [2.05, 4.69) is 4.98 Å². The number of aromatic nitrogens is 1. The van der Waals surface area contributed by atoms with Crippen LogP contribution in [0.1, 0.15) is 5.69 Å². The number of rotatable bonds is 1. The van der Waals surface area contributed by atoms with Gasteiger partial charge in [0.05, 0.1) is 16.9 Å². The molecule has 0 amide bonds. The topological polar surface area (TPSA) is 22.1 Å². The van der Waals surface area contributed by atoms with Gasteiger partial charge in [0.15, 0.2) is 0 Å². The highest BCUT2D eigenvalue weighted by Crippen LogP contribution is 2.30. The Morgan fingerprint density at radius 1 is 1.46 bits per heavy atom. The second kappa shape index (κ2) is 3.69. The zero-order valence-corrected chi connectivity index (χ0v) is 8.68. The summed E-state index contributed by atoms with van der Waals surface area (Å²) in [6.07, 6.45) is -3.34. The number of hydrogen-bond acceptors (Lipinski definition) is 2. The Bertz CT molecular complexity index is 313. The second-order valence-electron chi connectivity index (χ2n) is 2.20. The van der Waals surface area contributed by atoms with E-state index in [4.69, 9.17) is 4.74 Å². The highest BCUT2D eigenvalue weighted by atomic mass is 127. The average Bonchev–Trinajstić information content (AvgIpc) is 2.02. The molecule has 1 aromatic rings. The number of halogens is 4. The van der Waals surface area contributed by atoms with Crippen LogP contribution in [0.15, 0.2) is 12.3 Å². The molecule has 0 saturated carbocycles. The van der Waals surface area contributed by atoms with Crippen molar-refractivity contribution in [1.29, 1.82) is 0 Å². The SMILES string of the molecule is COc1cnc(C(F)(F)F)cc1I. The lowest BCUT2D eigenvalue weighted by molar-refractivity contribution is -0.141. The highest BCUT2D eigenvalue weighted by molar-refractivity contribution is 14.1. The average molecular weight is 303 g/mol. The molecule has 0 atom stereocenters. The maximum absolute atomic E-state index is 12.1. The maximum Gasteiger partial charge on any atom is 0.433 e. The Morgan fingerprint density at radius 3 is 2.46 bits per heavy atom. The van der Waals surface area contributed by atoms with Crippen LogP contribution in [-0.2, 0) is 6.18 Å². The second-order valence-corrected chi connectivity index (χ2v) is 3.36. The summed E-state index contributed by atoms with van der Waals surface area (Å²) in [7, 11) is 1.38. The quantitative estimate of drug-likeness (QED) is 0.744. The Kier molecular flexibility index (Phi) is 2.99. The minimum Gasteiger partial charge on any atom is -0.494 e. The van der Waals surface area contributed by atoms with Gasteiger partial charge < -0.3 is 4.74 Å². The summed E-state index contributed by atoms with van der Waals surface area (Å²) in [5.41, 5.74) is -0.905. The van der Waals surface area contributed by atoms with E-state index in [0.29, 0.717) is 9.32 Å². The molecule has 0 aromatic carbocycles. The Morgan fingerprint density at radius 2 is 2.08 bits per heavy atom. The smallest absolute Gasteiger partial charge is 0.433 e. The molecule has 6 heteroatoms. The molecule has 13 heavy (non-hydrogen) atoms.